The highest BCUT2D eigenvalue weighted by molar-refractivity contribution is 7.92. The van der Waals surface area contributed by atoms with Crippen LogP contribution in [0.3, 0.4) is 0 Å². The summed E-state index contributed by atoms with van der Waals surface area (Å²) in [5.41, 5.74) is 4.43. The maximum Gasteiger partial charge on any atom is 0.261 e. The summed E-state index contributed by atoms with van der Waals surface area (Å²) in [6, 6.07) is 10.1. The molecule has 0 spiro atoms. The fourth-order valence-corrected chi connectivity index (χ4v) is 5.03. The molecule has 0 amide bonds. The fraction of sp³-hybridized carbons (Fsp3) is 0.160. The van der Waals surface area contributed by atoms with Crippen molar-refractivity contribution in [1.29, 1.82) is 0 Å². The van der Waals surface area contributed by atoms with Crippen molar-refractivity contribution < 1.29 is 13.5 Å². The van der Waals surface area contributed by atoms with Crippen LogP contribution in [0.25, 0.3) is 28.1 Å². The Morgan fingerprint density at radius 1 is 1.18 bits per heavy atom. The van der Waals surface area contributed by atoms with Crippen molar-refractivity contribution in [3.63, 3.8) is 0 Å². The zero-order chi connectivity index (χ0) is 27.0. The predicted octanol–water partition coefficient (Wildman–Crippen LogP) is 3.58. The van der Waals surface area contributed by atoms with Gasteiger partial charge < -0.3 is 25.0 Å². The van der Waals surface area contributed by atoms with Gasteiger partial charge in [0.1, 0.15) is 11.4 Å². The molecule has 5 rings (SSSR count). The number of nitrogens with zero attached hydrogens (tertiary/aromatic N) is 3. The topological polar surface area (TPSA) is 158 Å². The molecule has 0 aliphatic rings. The molecule has 3 heterocycles. The standard InChI is InChI=1S/C25H24ClN7O4S/c1-14-9-16(33-8-7-27-13-33)11-20-23(14)31-24(30-20)22-19(5-6-28-25(22)35)29-12-21(34)15-3-4-18(17(26)10-15)32-38(2,36)37/h3-11,13,21,32,34H,12H2,1-2H3,(H,30,31)(H2,28,29,35). The summed E-state index contributed by atoms with van der Waals surface area (Å²) in [6.45, 7) is 2.00. The number of aliphatic hydroxyl groups excluding tert-OH is 1. The van der Waals surface area contributed by atoms with Crippen molar-refractivity contribution in [3.05, 3.63) is 87.8 Å². The molecule has 0 bridgehead atoms. The second kappa shape index (κ2) is 9.97. The third-order valence-electron chi connectivity index (χ3n) is 5.92. The molecule has 1 atom stereocenters. The van der Waals surface area contributed by atoms with E-state index in [1.165, 1.54) is 18.3 Å². The Balaban J connectivity index is 1.42. The van der Waals surface area contributed by atoms with Gasteiger partial charge in [-0.15, -0.1) is 0 Å². The first-order valence-electron chi connectivity index (χ1n) is 11.5. The Morgan fingerprint density at radius 2 is 2.00 bits per heavy atom. The van der Waals surface area contributed by atoms with Crippen LogP contribution in [0.1, 0.15) is 17.2 Å². The van der Waals surface area contributed by atoms with Gasteiger partial charge in [-0.25, -0.2) is 18.4 Å². The molecule has 5 aromatic rings. The van der Waals surface area contributed by atoms with Crippen LogP contribution >= 0.6 is 11.6 Å². The summed E-state index contributed by atoms with van der Waals surface area (Å²) < 4.78 is 27.2. The molecule has 2 aromatic carbocycles. The fourth-order valence-electron chi connectivity index (χ4n) is 4.16. The minimum atomic E-state index is -3.50. The van der Waals surface area contributed by atoms with Gasteiger partial charge in [0.15, 0.2) is 0 Å². The summed E-state index contributed by atoms with van der Waals surface area (Å²) in [5, 5.41) is 14.0. The number of aromatic nitrogens is 5. The highest BCUT2D eigenvalue weighted by Gasteiger charge is 2.18. The molecule has 13 heteroatoms. The first-order chi connectivity index (χ1) is 18.1. The van der Waals surface area contributed by atoms with E-state index in [9.17, 15) is 18.3 Å². The lowest BCUT2D eigenvalue weighted by Gasteiger charge is -2.16. The van der Waals surface area contributed by atoms with Crippen LogP contribution in [-0.4, -0.2) is 50.8 Å². The Bertz CT molecular complexity index is 1800. The number of aryl methyl sites for hydroxylation is 1. The highest BCUT2D eigenvalue weighted by Crippen LogP contribution is 2.29. The molecule has 0 saturated heterocycles. The molecule has 3 aromatic heterocycles. The molecule has 0 saturated carbocycles. The normalized spacial score (nSPS) is 12.5. The maximum absolute atomic E-state index is 12.9. The number of anilines is 2. The second-order valence-electron chi connectivity index (χ2n) is 8.82. The van der Waals surface area contributed by atoms with Crippen LogP contribution in [0, 0.1) is 6.92 Å². The van der Waals surface area contributed by atoms with Gasteiger partial charge in [0.25, 0.3) is 5.56 Å². The van der Waals surface area contributed by atoms with E-state index < -0.39 is 16.1 Å². The molecule has 1 unspecified atom stereocenters. The number of halogens is 1. The lowest BCUT2D eigenvalue weighted by atomic mass is 10.1. The quantitative estimate of drug-likeness (QED) is 0.196. The van der Waals surface area contributed by atoms with Crippen LogP contribution in [0.15, 0.2) is 66.1 Å². The van der Waals surface area contributed by atoms with Gasteiger partial charge in [-0.05, 0) is 48.4 Å². The van der Waals surface area contributed by atoms with Gasteiger partial charge in [0.2, 0.25) is 10.0 Å². The number of nitrogens with one attached hydrogen (secondary N) is 4. The van der Waals surface area contributed by atoms with Crippen LogP contribution in [0.4, 0.5) is 11.4 Å². The summed E-state index contributed by atoms with van der Waals surface area (Å²) >= 11 is 6.20. The van der Waals surface area contributed by atoms with Crippen molar-refractivity contribution in [2.24, 2.45) is 0 Å². The van der Waals surface area contributed by atoms with Gasteiger partial charge in [-0.1, -0.05) is 17.7 Å². The number of benzene rings is 2. The number of fused-ring (bicyclic) bond motifs is 1. The molecule has 38 heavy (non-hydrogen) atoms. The van der Waals surface area contributed by atoms with Gasteiger partial charge in [0.05, 0.1) is 46.1 Å². The second-order valence-corrected chi connectivity index (χ2v) is 11.0. The number of pyridine rings is 1. The minimum Gasteiger partial charge on any atom is -0.387 e. The predicted molar refractivity (Wildman–Crippen MR) is 147 cm³/mol. The summed E-state index contributed by atoms with van der Waals surface area (Å²) in [5.74, 6) is 0.379. The SMILES string of the molecule is Cc1cc(-n2ccnc2)cc2[nH]c(-c3c(NCC(O)c4ccc(NS(C)(=O)=O)c(Cl)c4)cc[nH]c3=O)nc12. The molecule has 5 N–H and O–H groups in total. The lowest BCUT2D eigenvalue weighted by Crippen LogP contribution is -2.17. The monoisotopic (exact) mass is 553 g/mol. The molecule has 0 fully saturated rings. The lowest BCUT2D eigenvalue weighted by molar-refractivity contribution is 0.191. The number of rotatable bonds is 8. The summed E-state index contributed by atoms with van der Waals surface area (Å²) in [4.78, 5) is 27.6. The van der Waals surface area contributed by atoms with Crippen molar-refractivity contribution >= 4 is 44.0 Å². The zero-order valence-corrected chi connectivity index (χ0v) is 21.9. The highest BCUT2D eigenvalue weighted by atomic mass is 35.5. The Labute approximate surface area is 222 Å². The number of H-pyrrole nitrogens is 2. The zero-order valence-electron chi connectivity index (χ0n) is 20.4. The minimum absolute atomic E-state index is 0.0513. The number of imidazole rings is 2. The molecule has 0 radical (unpaired) electrons. The van der Waals surface area contributed by atoms with Gasteiger partial charge in [-0.2, -0.15) is 0 Å². The van der Waals surface area contributed by atoms with E-state index in [1.54, 1.807) is 24.7 Å². The van der Waals surface area contributed by atoms with Gasteiger partial charge in [-0.3, -0.25) is 9.52 Å². The van der Waals surface area contributed by atoms with E-state index in [0.717, 1.165) is 28.5 Å². The van der Waals surface area contributed by atoms with E-state index in [0.29, 0.717) is 22.6 Å². The van der Waals surface area contributed by atoms with E-state index in [4.69, 9.17) is 11.6 Å². The summed E-state index contributed by atoms with van der Waals surface area (Å²) in [6.07, 6.45) is 6.78. The molecule has 0 aliphatic carbocycles. The molecule has 0 aliphatic heterocycles. The molecule has 11 nitrogen and oxygen atoms in total. The maximum atomic E-state index is 12.9. The molecule has 196 valence electrons. The van der Waals surface area contributed by atoms with Crippen molar-refractivity contribution in [1.82, 2.24) is 24.5 Å². The van der Waals surface area contributed by atoms with Crippen LogP contribution in [-0.2, 0) is 10.0 Å². The average Bonchev–Trinajstić information content (AvgIpc) is 3.53. The number of aliphatic hydroxyl groups is 1. The largest absolute Gasteiger partial charge is 0.387 e. The van der Waals surface area contributed by atoms with Crippen molar-refractivity contribution in [2.75, 3.05) is 22.8 Å². The first kappa shape index (κ1) is 25.5. The van der Waals surface area contributed by atoms with E-state index in [2.05, 4.69) is 30.0 Å². The third kappa shape index (κ3) is 5.28. The van der Waals surface area contributed by atoms with Crippen LogP contribution in [0.2, 0.25) is 5.02 Å². The Morgan fingerprint density at radius 3 is 2.71 bits per heavy atom. The van der Waals surface area contributed by atoms with E-state index in [-0.39, 0.29) is 22.8 Å². The first-order valence-corrected chi connectivity index (χ1v) is 13.8. The molecular weight excluding hydrogens is 530 g/mol. The van der Waals surface area contributed by atoms with E-state index >= 15 is 0 Å². The van der Waals surface area contributed by atoms with E-state index in [1.807, 2.05) is 29.8 Å². The molecular formula is C25H24ClN7O4S. The number of sulfonamides is 1. The van der Waals surface area contributed by atoms with Gasteiger partial charge in [0, 0.05) is 30.8 Å². The third-order valence-corrected chi connectivity index (χ3v) is 6.82. The van der Waals surface area contributed by atoms with Crippen LogP contribution in [0.5, 0.6) is 0 Å². The average molecular weight is 554 g/mol. The number of hydrogen-bond donors (Lipinski definition) is 5. The number of hydrogen-bond acceptors (Lipinski definition) is 7. The Kier molecular flexibility index (Phi) is 6.69. The van der Waals surface area contributed by atoms with Crippen molar-refractivity contribution in [3.8, 4) is 17.1 Å². The smallest absolute Gasteiger partial charge is 0.261 e. The van der Waals surface area contributed by atoms with Crippen molar-refractivity contribution in [2.45, 2.75) is 13.0 Å². The van der Waals surface area contributed by atoms with Crippen LogP contribution < -0.4 is 15.6 Å². The van der Waals surface area contributed by atoms with Gasteiger partial charge >= 0.3 is 0 Å². The Hall–Kier alpha value is -4.13. The summed E-state index contributed by atoms with van der Waals surface area (Å²) in [7, 11) is -3.50. The number of aromatic amines is 2.